The van der Waals surface area contributed by atoms with Gasteiger partial charge in [0.25, 0.3) is 5.91 Å². The number of hydrogen-bond donors (Lipinski definition) is 4. The zero-order valence-corrected chi connectivity index (χ0v) is 11.4. The van der Waals surface area contributed by atoms with Crippen LogP contribution in [0.15, 0.2) is 18.2 Å². The van der Waals surface area contributed by atoms with Gasteiger partial charge < -0.3 is 15.8 Å². The largest absolute Gasteiger partial charge is 0.391 e. The summed E-state index contributed by atoms with van der Waals surface area (Å²) in [6, 6.07) is 3.92. The van der Waals surface area contributed by atoms with Crippen LogP contribution in [0.5, 0.6) is 0 Å². The van der Waals surface area contributed by atoms with Gasteiger partial charge in [0.1, 0.15) is 11.3 Å². The zero-order valence-electron chi connectivity index (χ0n) is 11.4. The molecule has 0 radical (unpaired) electrons. The molecule has 0 saturated heterocycles. The van der Waals surface area contributed by atoms with Crippen molar-refractivity contribution in [2.24, 2.45) is 5.84 Å². The van der Waals surface area contributed by atoms with Gasteiger partial charge in [-0.1, -0.05) is 18.9 Å². The average Bonchev–Trinajstić information content (AvgIpc) is 2.48. The summed E-state index contributed by atoms with van der Waals surface area (Å²) in [5.41, 5.74) is 1.83. The summed E-state index contributed by atoms with van der Waals surface area (Å²) in [4.78, 5) is 22.7. The summed E-state index contributed by atoms with van der Waals surface area (Å²) in [5, 5.41) is 23.7. The van der Waals surface area contributed by atoms with Gasteiger partial charge in [0.15, 0.2) is 0 Å². The molecule has 0 aliphatic heterocycles. The number of nitrogens with one attached hydrogen (secondary N) is 2. The molecule has 0 heterocycles. The van der Waals surface area contributed by atoms with Crippen molar-refractivity contribution in [3.05, 3.63) is 33.9 Å². The molecule has 21 heavy (non-hydrogen) atoms. The Morgan fingerprint density at radius 2 is 2.10 bits per heavy atom. The molecule has 114 valence electrons. The number of carbonyl (C=O) groups excluding carboxylic acids is 1. The first-order valence-corrected chi connectivity index (χ1v) is 6.77. The first-order valence-electron chi connectivity index (χ1n) is 6.77. The second kappa shape index (κ2) is 6.51. The van der Waals surface area contributed by atoms with E-state index in [0.717, 1.165) is 12.8 Å². The monoisotopic (exact) mass is 294 g/mol. The SMILES string of the molecule is NNc1cccc(C(=O)NC2CCCCC2O)c1[N+](=O)[O-]. The van der Waals surface area contributed by atoms with Crippen molar-refractivity contribution in [2.45, 2.75) is 37.8 Å². The second-order valence-electron chi connectivity index (χ2n) is 5.03. The van der Waals surface area contributed by atoms with Crippen molar-refractivity contribution in [2.75, 3.05) is 5.43 Å². The fourth-order valence-corrected chi connectivity index (χ4v) is 2.57. The Kier molecular flexibility index (Phi) is 4.71. The van der Waals surface area contributed by atoms with Crippen molar-refractivity contribution in [1.29, 1.82) is 0 Å². The minimum Gasteiger partial charge on any atom is -0.391 e. The lowest BCUT2D eigenvalue weighted by Crippen LogP contribution is -2.45. The highest BCUT2D eigenvalue weighted by Crippen LogP contribution is 2.28. The molecule has 8 heteroatoms. The predicted octanol–water partition coefficient (Wildman–Crippen LogP) is 0.914. The topological polar surface area (TPSA) is 131 Å². The standard InChI is InChI=1S/C13H18N4O4/c14-16-10-6-3-4-8(12(10)17(20)21)13(19)15-9-5-1-2-7-11(9)18/h3-4,6,9,11,16,18H,1-2,5,7,14H2,(H,15,19). The van der Waals surface area contributed by atoms with Gasteiger partial charge in [-0.15, -0.1) is 0 Å². The van der Waals surface area contributed by atoms with E-state index in [9.17, 15) is 20.0 Å². The van der Waals surface area contributed by atoms with Crippen LogP contribution >= 0.6 is 0 Å². The summed E-state index contributed by atoms with van der Waals surface area (Å²) in [7, 11) is 0. The molecule has 2 atom stereocenters. The van der Waals surface area contributed by atoms with Crippen LogP contribution in [0, 0.1) is 10.1 Å². The zero-order chi connectivity index (χ0) is 15.4. The van der Waals surface area contributed by atoms with Gasteiger partial charge in [-0.2, -0.15) is 0 Å². The molecule has 1 fully saturated rings. The number of nitrogen functional groups attached to an aromatic ring is 1. The van der Waals surface area contributed by atoms with Crippen molar-refractivity contribution in [3.8, 4) is 0 Å². The number of hydrogen-bond acceptors (Lipinski definition) is 6. The van der Waals surface area contributed by atoms with Gasteiger partial charge >= 0.3 is 5.69 Å². The van der Waals surface area contributed by atoms with Crippen LogP contribution < -0.4 is 16.6 Å². The number of para-hydroxylation sites is 1. The van der Waals surface area contributed by atoms with Crippen molar-refractivity contribution >= 4 is 17.3 Å². The third-order valence-electron chi connectivity index (χ3n) is 3.66. The molecular formula is C13H18N4O4. The molecule has 1 aliphatic carbocycles. The molecular weight excluding hydrogens is 276 g/mol. The number of nitro groups is 1. The fraction of sp³-hybridized carbons (Fsp3) is 0.462. The number of rotatable bonds is 4. The molecule has 2 unspecified atom stereocenters. The maximum absolute atomic E-state index is 12.3. The Bertz CT molecular complexity index is 549. The number of nitrogens with zero attached hydrogens (tertiary/aromatic N) is 1. The van der Waals surface area contributed by atoms with E-state index < -0.39 is 16.9 Å². The Labute approximate surface area is 121 Å². The molecule has 5 N–H and O–H groups in total. The number of nitrogens with two attached hydrogens (primary N) is 1. The quantitative estimate of drug-likeness (QED) is 0.371. The van der Waals surface area contributed by atoms with E-state index >= 15 is 0 Å². The van der Waals surface area contributed by atoms with Crippen LogP contribution in [0.25, 0.3) is 0 Å². The van der Waals surface area contributed by atoms with Crippen LogP contribution in [0.3, 0.4) is 0 Å². The Hall–Kier alpha value is -2.19. The van der Waals surface area contributed by atoms with E-state index in [0.29, 0.717) is 12.8 Å². The lowest BCUT2D eigenvalue weighted by atomic mass is 9.92. The van der Waals surface area contributed by atoms with Crippen LogP contribution in [0.1, 0.15) is 36.0 Å². The molecule has 0 aromatic heterocycles. The highest BCUT2D eigenvalue weighted by molar-refractivity contribution is 6.00. The van der Waals surface area contributed by atoms with E-state index in [4.69, 9.17) is 5.84 Å². The number of amides is 1. The van der Waals surface area contributed by atoms with Gasteiger partial charge in [0.2, 0.25) is 0 Å². The van der Waals surface area contributed by atoms with Crippen molar-refractivity contribution in [1.82, 2.24) is 5.32 Å². The summed E-state index contributed by atoms with van der Waals surface area (Å²) >= 11 is 0. The summed E-state index contributed by atoms with van der Waals surface area (Å²) in [6.45, 7) is 0. The normalized spacial score (nSPS) is 21.6. The number of anilines is 1. The minimum atomic E-state index is -0.651. The molecule has 1 aliphatic rings. The molecule has 1 saturated carbocycles. The number of carbonyl (C=O) groups is 1. The van der Waals surface area contributed by atoms with Crippen LogP contribution in [-0.4, -0.2) is 28.1 Å². The predicted molar refractivity (Wildman–Crippen MR) is 76.6 cm³/mol. The molecule has 0 bridgehead atoms. The van der Waals surface area contributed by atoms with Gasteiger partial charge in [-0.05, 0) is 25.0 Å². The fourth-order valence-electron chi connectivity index (χ4n) is 2.57. The van der Waals surface area contributed by atoms with Crippen LogP contribution in [0.4, 0.5) is 11.4 Å². The summed E-state index contributed by atoms with van der Waals surface area (Å²) < 4.78 is 0. The highest BCUT2D eigenvalue weighted by Gasteiger charge is 2.29. The van der Waals surface area contributed by atoms with E-state index in [1.54, 1.807) is 0 Å². The van der Waals surface area contributed by atoms with Crippen molar-refractivity contribution in [3.63, 3.8) is 0 Å². The van der Waals surface area contributed by atoms with Gasteiger partial charge in [0.05, 0.1) is 17.1 Å². The summed E-state index contributed by atoms with van der Waals surface area (Å²) in [6.07, 6.45) is 2.50. The lowest BCUT2D eigenvalue weighted by Gasteiger charge is -2.28. The van der Waals surface area contributed by atoms with E-state index in [2.05, 4.69) is 10.7 Å². The number of nitro benzene ring substituents is 1. The van der Waals surface area contributed by atoms with E-state index in [1.165, 1.54) is 18.2 Å². The average molecular weight is 294 g/mol. The maximum Gasteiger partial charge on any atom is 0.306 e. The maximum atomic E-state index is 12.3. The van der Waals surface area contributed by atoms with Crippen molar-refractivity contribution < 1.29 is 14.8 Å². The third kappa shape index (κ3) is 3.29. The first kappa shape index (κ1) is 15.2. The molecule has 1 aromatic rings. The highest BCUT2D eigenvalue weighted by atomic mass is 16.6. The molecule has 1 aromatic carbocycles. The number of benzene rings is 1. The van der Waals surface area contributed by atoms with Crippen LogP contribution in [-0.2, 0) is 0 Å². The molecule has 2 rings (SSSR count). The van der Waals surface area contributed by atoms with E-state index in [1.807, 2.05) is 0 Å². The third-order valence-corrected chi connectivity index (χ3v) is 3.66. The first-order chi connectivity index (χ1) is 10.0. The number of aliphatic hydroxyl groups is 1. The Balaban J connectivity index is 2.24. The van der Waals surface area contributed by atoms with Gasteiger partial charge in [-0.25, -0.2) is 0 Å². The minimum absolute atomic E-state index is 0.0665. The molecule has 0 spiro atoms. The lowest BCUT2D eigenvalue weighted by molar-refractivity contribution is -0.384. The van der Waals surface area contributed by atoms with Gasteiger partial charge in [-0.3, -0.25) is 20.8 Å². The number of aliphatic hydroxyl groups excluding tert-OH is 1. The summed E-state index contributed by atoms with van der Waals surface area (Å²) in [5.74, 6) is 4.66. The Morgan fingerprint density at radius 1 is 1.38 bits per heavy atom. The van der Waals surface area contributed by atoms with Gasteiger partial charge in [0, 0.05) is 0 Å². The molecule has 8 nitrogen and oxygen atoms in total. The smallest absolute Gasteiger partial charge is 0.306 e. The number of hydrazine groups is 1. The molecule has 1 amide bonds. The second-order valence-corrected chi connectivity index (χ2v) is 5.03. The van der Waals surface area contributed by atoms with Crippen LogP contribution in [0.2, 0.25) is 0 Å². The Morgan fingerprint density at radius 3 is 2.71 bits per heavy atom. The van der Waals surface area contributed by atoms with E-state index in [-0.39, 0.29) is 23.0 Å².